The van der Waals surface area contributed by atoms with Gasteiger partial charge in [-0.05, 0) is 39.5 Å². The Morgan fingerprint density at radius 2 is 2.14 bits per heavy atom. The molecule has 6 heteroatoms. The number of benzene rings is 1. The van der Waals surface area contributed by atoms with E-state index in [1.807, 2.05) is 41.1 Å². The smallest absolute Gasteiger partial charge is 0.229 e. The molecule has 1 fully saturated rings. The summed E-state index contributed by atoms with van der Waals surface area (Å²) >= 11 is 4.97. The lowest BCUT2D eigenvalue weighted by Gasteiger charge is -2.18. The maximum atomic E-state index is 12.2. The molecule has 4 nitrogen and oxygen atoms in total. The SMILES string of the molecule is O=C(Nc1ccsc1)C1CC(=O)N(c2ccccc2Br)C1. The van der Waals surface area contributed by atoms with E-state index in [4.69, 9.17) is 0 Å². The second kappa shape index (κ2) is 5.99. The minimum Gasteiger partial charge on any atom is -0.325 e. The fourth-order valence-electron chi connectivity index (χ4n) is 2.37. The van der Waals surface area contributed by atoms with Crippen LogP contribution in [-0.4, -0.2) is 18.4 Å². The van der Waals surface area contributed by atoms with E-state index in [9.17, 15) is 9.59 Å². The molecule has 0 saturated carbocycles. The largest absolute Gasteiger partial charge is 0.325 e. The van der Waals surface area contributed by atoms with Crippen molar-refractivity contribution in [3.8, 4) is 0 Å². The summed E-state index contributed by atoms with van der Waals surface area (Å²) in [6, 6.07) is 9.40. The number of nitrogens with one attached hydrogen (secondary N) is 1. The van der Waals surface area contributed by atoms with Crippen molar-refractivity contribution in [1.82, 2.24) is 0 Å². The number of rotatable bonds is 3. The lowest BCUT2D eigenvalue weighted by molar-refractivity contribution is -0.122. The number of carbonyl (C=O) groups excluding carboxylic acids is 2. The fraction of sp³-hybridized carbons (Fsp3) is 0.200. The number of carbonyl (C=O) groups is 2. The van der Waals surface area contributed by atoms with Crippen LogP contribution in [0.4, 0.5) is 11.4 Å². The molecule has 0 aliphatic carbocycles. The summed E-state index contributed by atoms with van der Waals surface area (Å²) < 4.78 is 0.859. The number of nitrogens with zero attached hydrogens (tertiary/aromatic N) is 1. The van der Waals surface area contributed by atoms with Crippen LogP contribution in [0.5, 0.6) is 0 Å². The van der Waals surface area contributed by atoms with Gasteiger partial charge >= 0.3 is 0 Å². The van der Waals surface area contributed by atoms with E-state index >= 15 is 0 Å². The highest BCUT2D eigenvalue weighted by Crippen LogP contribution is 2.31. The summed E-state index contributed by atoms with van der Waals surface area (Å²) in [5, 5.41) is 6.63. The molecule has 21 heavy (non-hydrogen) atoms. The molecular formula is C15H13BrN2O2S. The van der Waals surface area contributed by atoms with Crippen LogP contribution in [0, 0.1) is 5.92 Å². The molecule has 0 bridgehead atoms. The van der Waals surface area contributed by atoms with Crippen molar-refractivity contribution < 1.29 is 9.59 Å². The first-order chi connectivity index (χ1) is 10.1. The number of amides is 2. The molecule has 0 spiro atoms. The number of hydrogen-bond acceptors (Lipinski definition) is 3. The van der Waals surface area contributed by atoms with Crippen molar-refractivity contribution in [3.63, 3.8) is 0 Å². The van der Waals surface area contributed by atoms with Gasteiger partial charge in [-0.2, -0.15) is 11.3 Å². The van der Waals surface area contributed by atoms with E-state index in [-0.39, 0.29) is 24.2 Å². The van der Waals surface area contributed by atoms with Crippen molar-refractivity contribution in [2.24, 2.45) is 5.92 Å². The van der Waals surface area contributed by atoms with Gasteiger partial charge in [0.15, 0.2) is 0 Å². The van der Waals surface area contributed by atoms with Crippen LogP contribution in [0.1, 0.15) is 6.42 Å². The number of thiophene rings is 1. The lowest BCUT2D eigenvalue weighted by Crippen LogP contribution is -2.28. The summed E-state index contributed by atoms with van der Waals surface area (Å²) in [7, 11) is 0. The zero-order valence-electron chi connectivity index (χ0n) is 11.1. The minimum absolute atomic E-state index is 0.0210. The average molecular weight is 365 g/mol. The van der Waals surface area contributed by atoms with Crippen molar-refractivity contribution in [2.45, 2.75) is 6.42 Å². The quantitative estimate of drug-likeness (QED) is 0.905. The average Bonchev–Trinajstić information content (AvgIpc) is 3.09. The Labute approximate surface area is 134 Å². The van der Waals surface area contributed by atoms with Crippen LogP contribution in [0.2, 0.25) is 0 Å². The molecule has 1 aliphatic heterocycles. The molecule has 1 aromatic heterocycles. The predicted molar refractivity (Wildman–Crippen MR) is 87.6 cm³/mol. The van der Waals surface area contributed by atoms with Crippen molar-refractivity contribution in [1.29, 1.82) is 0 Å². The van der Waals surface area contributed by atoms with Crippen LogP contribution >= 0.6 is 27.3 Å². The van der Waals surface area contributed by atoms with Gasteiger partial charge in [0, 0.05) is 22.8 Å². The van der Waals surface area contributed by atoms with Gasteiger partial charge in [-0.15, -0.1) is 0 Å². The van der Waals surface area contributed by atoms with Crippen LogP contribution < -0.4 is 10.2 Å². The van der Waals surface area contributed by atoms with E-state index < -0.39 is 0 Å². The van der Waals surface area contributed by atoms with Crippen molar-refractivity contribution in [2.75, 3.05) is 16.8 Å². The van der Waals surface area contributed by atoms with Crippen LogP contribution in [0.3, 0.4) is 0 Å². The van der Waals surface area contributed by atoms with Gasteiger partial charge in [0.25, 0.3) is 0 Å². The second-order valence-corrected chi connectivity index (χ2v) is 6.49. The minimum atomic E-state index is -0.315. The number of hydrogen-bond donors (Lipinski definition) is 1. The zero-order valence-corrected chi connectivity index (χ0v) is 13.5. The van der Waals surface area contributed by atoms with Crippen molar-refractivity contribution >= 4 is 50.5 Å². The second-order valence-electron chi connectivity index (χ2n) is 4.86. The molecule has 1 unspecified atom stereocenters. The van der Waals surface area contributed by atoms with Crippen molar-refractivity contribution in [3.05, 3.63) is 45.6 Å². The summed E-state index contributed by atoms with van der Waals surface area (Å²) in [4.78, 5) is 26.1. The fourth-order valence-corrected chi connectivity index (χ4v) is 3.45. The van der Waals surface area contributed by atoms with E-state index in [1.54, 1.807) is 4.90 Å². The summed E-state index contributed by atoms with van der Waals surface area (Å²) in [5.74, 6) is -0.437. The molecule has 1 N–H and O–H groups in total. The Hall–Kier alpha value is -1.66. The van der Waals surface area contributed by atoms with Gasteiger partial charge in [-0.1, -0.05) is 12.1 Å². The van der Waals surface area contributed by atoms with E-state index in [0.29, 0.717) is 6.54 Å². The van der Waals surface area contributed by atoms with Gasteiger partial charge in [0.1, 0.15) is 0 Å². The highest BCUT2D eigenvalue weighted by Gasteiger charge is 2.35. The van der Waals surface area contributed by atoms with E-state index in [0.717, 1.165) is 15.8 Å². The molecule has 2 amide bonds. The first kappa shape index (κ1) is 14.3. The third-order valence-corrected chi connectivity index (χ3v) is 4.78. The van der Waals surface area contributed by atoms with Crippen LogP contribution in [0.25, 0.3) is 0 Å². The highest BCUT2D eigenvalue weighted by atomic mass is 79.9. The number of halogens is 1. The van der Waals surface area contributed by atoms with Gasteiger partial charge < -0.3 is 10.2 Å². The van der Waals surface area contributed by atoms with E-state index in [2.05, 4.69) is 21.2 Å². The predicted octanol–water partition coefficient (Wildman–Crippen LogP) is 3.50. The van der Waals surface area contributed by atoms with E-state index in [1.165, 1.54) is 11.3 Å². The molecule has 1 aromatic carbocycles. The lowest BCUT2D eigenvalue weighted by atomic mass is 10.1. The summed E-state index contributed by atoms with van der Waals surface area (Å²) in [6.45, 7) is 0.414. The molecule has 1 atom stereocenters. The van der Waals surface area contributed by atoms with Gasteiger partial charge in [-0.3, -0.25) is 9.59 Å². The Morgan fingerprint density at radius 3 is 2.86 bits per heavy atom. The first-order valence-corrected chi connectivity index (χ1v) is 8.26. The maximum Gasteiger partial charge on any atom is 0.229 e. The Morgan fingerprint density at radius 1 is 1.33 bits per heavy atom. The zero-order chi connectivity index (χ0) is 14.8. The molecule has 0 radical (unpaired) electrons. The highest BCUT2D eigenvalue weighted by molar-refractivity contribution is 9.10. The Kier molecular flexibility index (Phi) is 4.07. The maximum absolute atomic E-state index is 12.2. The molecule has 2 heterocycles. The molecule has 1 saturated heterocycles. The van der Waals surface area contributed by atoms with Gasteiger partial charge in [0.05, 0.1) is 17.3 Å². The monoisotopic (exact) mass is 364 g/mol. The van der Waals surface area contributed by atoms with Gasteiger partial charge in [-0.25, -0.2) is 0 Å². The third kappa shape index (κ3) is 3.01. The molecule has 2 aromatic rings. The Bertz CT molecular complexity index is 672. The first-order valence-electron chi connectivity index (χ1n) is 6.53. The van der Waals surface area contributed by atoms with Crippen LogP contribution in [0.15, 0.2) is 45.6 Å². The molecule has 108 valence electrons. The summed E-state index contributed by atoms with van der Waals surface area (Å²) in [5.41, 5.74) is 1.60. The molecular weight excluding hydrogens is 352 g/mol. The molecule has 3 rings (SSSR count). The number of para-hydroxylation sites is 1. The van der Waals surface area contributed by atoms with Gasteiger partial charge in [0.2, 0.25) is 11.8 Å². The topological polar surface area (TPSA) is 49.4 Å². The normalized spacial score (nSPS) is 18.0. The standard InChI is InChI=1S/C15H13BrN2O2S/c16-12-3-1-2-4-13(12)18-8-10(7-14(18)19)15(20)17-11-5-6-21-9-11/h1-6,9-10H,7-8H2,(H,17,20). The summed E-state index contributed by atoms with van der Waals surface area (Å²) in [6.07, 6.45) is 0.247. The molecule has 1 aliphatic rings. The third-order valence-electron chi connectivity index (χ3n) is 3.43. The number of anilines is 2. The van der Waals surface area contributed by atoms with Crippen LogP contribution in [-0.2, 0) is 9.59 Å². The Balaban J connectivity index is 1.73.